The van der Waals surface area contributed by atoms with Gasteiger partial charge in [-0.3, -0.25) is 9.89 Å². The van der Waals surface area contributed by atoms with E-state index in [1.54, 1.807) is 12.1 Å². The smallest absolute Gasteiger partial charge is 0.290 e. The molecule has 0 unspecified atom stereocenters. The SMILES string of the molecule is O=C(NCCc1ccc(F)cc1)c1n[nH]c(C2CC2)n1. The van der Waals surface area contributed by atoms with Crippen LogP contribution in [0.1, 0.15) is 40.8 Å². The second-order valence-corrected chi connectivity index (χ2v) is 4.95. The lowest BCUT2D eigenvalue weighted by molar-refractivity contribution is 0.0944. The fourth-order valence-electron chi connectivity index (χ4n) is 1.97. The van der Waals surface area contributed by atoms with Gasteiger partial charge in [0.1, 0.15) is 11.6 Å². The summed E-state index contributed by atoms with van der Waals surface area (Å²) in [6, 6.07) is 6.24. The van der Waals surface area contributed by atoms with Crippen LogP contribution in [0.4, 0.5) is 4.39 Å². The van der Waals surface area contributed by atoms with E-state index in [2.05, 4.69) is 20.5 Å². The normalized spacial score (nSPS) is 14.2. The summed E-state index contributed by atoms with van der Waals surface area (Å²) in [7, 11) is 0. The predicted molar refractivity (Wildman–Crippen MR) is 70.8 cm³/mol. The number of H-pyrrole nitrogens is 1. The third-order valence-corrected chi connectivity index (χ3v) is 3.28. The van der Waals surface area contributed by atoms with E-state index < -0.39 is 0 Å². The van der Waals surface area contributed by atoms with Crippen molar-refractivity contribution in [2.75, 3.05) is 6.54 Å². The lowest BCUT2D eigenvalue weighted by Gasteiger charge is -2.02. The molecule has 1 aromatic carbocycles. The fourth-order valence-corrected chi connectivity index (χ4v) is 1.97. The molecule has 0 saturated heterocycles. The molecule has 2 aromatic rings. The van der Waals surface area contributed by atoms with Crippen LogP contribution < -0.4 is 5.32 Å². The van der Waals surface area contributed by atoms with Crippen LogP contribution >= 0.6 is 0 Å². The summed E-state index contributed by atoms with van der Waals surface area (Å²) in [4.78, 5) is 16.0. The minimum absolute atomic E-state index is 0.186. The number of aromatic nitrogens is 3. The molecular formula is C14H15FN4O. The summed E-state index contributed by atoms with van der Waals surface area (Å²) in [5.74, 6) is 0.893. The number of rotatable bonds is 5. The van der Waals surface area contributed by atoms with Gasteiger partial charge in [0, 0.05) is 12.5 Å². The molecule has 0 radical (unpaired) electrons. The van der Waals surface area contributed by atoms with Crippen molar-refractivity contribution in [3.63, 3.8) is 0 Å². The van der Waals surface area contributed by atoms with Crippen LogP contribution in [0.2, 0.25) is 0 Å². The van der Waals surface area contributed by atoms with E-state index in [1.165, 1.54) is 12.1 Å². The number of nitrogens with one attached hydrogen (secondary N) is 2. The second kappa shape index (κ2) is 5.40. The van der Waals surface area contributed by atoms with Crippen molar-refractivity contribution in [2.45, 2.75) is 25.2 Å². The number of benzene rings is 1. The first kappa shape index (κ1) is 12.8. The van der Waals surface area contributed by atoms with Gasteiger partial charge in [0.2, 0.25) is 5.82 Å². The van der Waals surface area contributed by atoms with Crippen molar-refractivity contribution in [3.05, 3.63) is 47.3 Å². The van der Waals surface area contributed by atoms with Gasteiger partial charge in [-0.2, -0.15) is 0 Å². The maximum absolute atomic E-state index is 12.7. The molecule has 0 atom stereocenters. The Morgan fingerprint density at radius 1 is 1.35 bits per heavy atom. The minimum atomic E-state index is -0.282. The summed E-state index contributed by atoms with van der Waals surface area (Å²) in [6.45, 7) is 0.470. The summed E-state index contributed by atoms with van der Waals surface area (Å²) in [5.41, 5.74) is 0.973. The minimum Gasteiger partial charge on any atom is -0.349 e. The highest BCUT2D eigenvalue weighted by molar-refractivity contribution is 5.90. The van der Waals surface area contributed by atoms with Gasteiger partial charge in [-0.1, -0.05) is 12.1 Å². The largest absolute Gasteiger partial charge is 0.349 e. The average molecular weight is 274 g/mol. The second-order valence-electron chi connectivity index (χ2n) is 4.95. The van der Waals surface area contributed by atoms with Crippen molar-refractivity contribution in [3.8, 4) is 0 Å². The van der Waals surface area contributed by atoms with Gasteiger partial charge in [-0.25, -0.2) is 9.37 Å². The number of hydrogen-bond acceptors (Lipinski definition) is 3. The fraction of sp³-hybridized carbons (Fsp3) is 0.357. The molecule has 1 heterocycles. The topological polar surface area (TPSA) is 70.7 Å². The summed E-state index contributed by atoms with van der Waals surface area (Å²) < 4.78 is 12.7. The number of amides is 1. The lowest BCUT2D eigenvalue weighted by Crippen LogP contribution is -2.26. The Morgan fingerprint density at radius 2 is 2.10 bits per heavy atom. The molecule has 104 valence electrons. The van der Waals surface area contributed by atoms with Gasteiger partial charge in [0.15, 0.2) is 0 Å². The number of carbonyl (C=O) groups is 1. The Kier molecular flexibility index (Phi) is 3.45. The van der Waals surface area contributed by atoms with Gasteiger partial charge >= 0.3 is 0 Å². The van der Waals surface area contributed by atoms with Crippen molar-refractivity contribution in [1.29, 1.82) is 0 Å². The highest BCUT2D eigenvalue weighted by atomic mass is 19.1. The average Bonchev–Trinajstić information content (AvgIpc) is 3.18. The number of halogens is 1. The summed E-state index contributed by atoms with van der Waals surface area (Å²) in [6.07, 6.45) is 2.87. The predicted octanol–water partition coefficient (Wildman–Crippen LogP) is 1.79. The van der Waals surface area contributed by atoms with E-state index >= 15 is 0 Å². The van der Waals surface area contributed by atoms with Gasteiger partial charge in [0.25, 0.3) is 5.91 Å². The van der Waals surface area contributed by atoms with Crippen LogP contribution in [-0.2, 0) is 6.42 Å². The van der Waals surface area contributed by atoms with Gasteiger partial charge < -0.3 is 5.32 Å². The zero-order valence-electron chi connectivity index (χ0n) is 10.9. The van der Waals surface area contributed by atoms with Gasteiger partial charge in [-0.05, 0) is 37.0 Å². The van der Waals surface area contributed by atoms with Crippen molar-refractivity contribution >= 4 is 5.91 Å². The Bertz CT molecular complexity index is 604. The van der Waals surface area contributed by atoms with Crippen molar-refractivity contribution < 1.29 is 9.18 Å². The molecule has 1 amide bonds. The van der Waals surface area contributed by atoms with E-state index in [1.807, 2.05) is 0 Å². The first-order valence-corrected chi connectivity index (χ1v) is 6.67. The molecule has 0 bridgehead atoms. The van der Waals surface area contributed by atoms with Crippen LogP contribution in [0, 0.1) is 5.82 Å². The molecule has 0 spiro atoms. The molecule has 3 rings (SSSR count). The molecule has 1 aliphatic carbocycles. The Morgan fingerprint density at radius 3 is 2.80 bits per heavy atom. The number of aromatic amines is 1. The molecule has 5 nitrogen and oxygen atoms in total. The lowest BCUT2D eigenvalue weighted by atomic mass is 10.1. The summed E-state index contributed by atoms with van der Waals surface area (Å²) >= 11 is 0. The number of carbonyl (C=O) groups excluding carboxylic acids is 1. The maximum Gasteiger partial charge on any atom is 0.290 e. The molecule has 1 aliphatic rings. The highest BCUT2D eigenvalue weighted by Crippen LogP contribution is 2.37. The first-order valence-electron chi connectivity index (χ1n) is 6.67. The quantitative estimate of drug-likeness (QED) is 0.873. The third-order valence-electron chi connectivity index (χ3n) is 3.28. The van der Waals surface area contributed by atoms with Crippen molar-refractivity contribution in [1.82, 2.24) is 20.5 Å². The zero-order valence-corrected chi connectivity index (χ0v) is 10.9. The first-order chi connectivity index (χ1) is 9.72. The Labute approximate surface area is 115 Å². The van der Waals surface area contributed by atoms with Crippen molar-refractivity contribution in [2.24, 2.45) is 0 Å². The Hall–Kier alpha value is -2.24. The van der Waals surface area contributed by atoms with Crippen LogP contribution in [0.3, 0.4) is 0 Å². The van der Waals surface area contributed by atoms with Crippen LogP contribution in [0.15, 0.2) is 24.3 Å². The van der Waals surface area contributed by atoms with E-state index in [9.17, 15) is 9.18 Å². The molecule has 0 aliphatic heterocycles. The van der Waals surface area contributed by atoms with E-state index in [0.717, 1.165) is 24.2 Å². The molecular weight excluding hydrogens is 259 g/mol. The van der Waals surface area contributed by atoms with E-state index in [4.69, 9.17) is 0 Å². The number of hydrogen-bond donors (Lipinski definition) is 2. The molecule has 6 heteroatoms. The molecule has 1 saturated carbocycles. The van der Waals surface area contributed by atoms with E-state index in [0.29, 0.717) is 18.9 Å². The zero-order chi connectivity index (χ0) is 13.9. The van der Waals surface area contributed by atoms with Crippen LogP contribution in [-0.4, -0.2) is 27.6 Å². The van der Waals surface area contributed by atoms with Crippen LogP contribution in [0.5, 0.6) is 0 Å². The monoisotopic (exact) mass is 274 g/mol. The van der Waals surface area contributed by atoms with Crippen LogP contribution in [0.25, 0.3) is 0 Å². The number of nitrogens with zero attached hydrogens (tertiary/aromatic N) is 2. The van der Waals surface area contributed by atoms with E-state index in [-0.39, 0.29) is 17.5 Å². The molecule has 2 N–H and O–H groups in total. The van der Waals surface area contributed by atoms with Gasteiger partial charge in [0.05, 0.1) is 0 Å². The third kappa shape index (κ3) is 3.01. The standard InChI is InChI=1S/C14H15FN4O/c15-11-5-1-9(2-6-11)7-8-16-14(20)13-17-12(18-19-13)10-3-4-10/h1-2,5-6,10H,3-4,7-8H2,(H,16,20)(H,17,18,19). The summed E-state index contributed by atoms with van der Waals surface area (Å²) in [5, 5.41) is 9.47. The molecule has 20 heavy (non-hydrogen) atoms. The maximum atomic E-state index is 12.7. The molecule has 1 fully saturated rings. The molecule has 1 aromatic heterocycles. The highest BCUT2D eigenvalue weighted by Gasteiger charge is 2.28. The van der Waals surface area contributed by atoms with Gasteiger partial charge in [-0.15, -0.1) is 5.10 Å². The Balaban J connectivity index is 1.49.